The van der Waals surface area contributed by atoms with Crippen LogP contribution in [0, 0.1) is 5.82 Å². The van der Waals surface area contributed by atoms with E-state index in [2.05, 4.69) is 4.74 Å². The highest BCUT2D eigenvalue weighted by molar-refractivity contribution is 5.38. The van der Waals surface area contributed by atoms with E-state index in [4.69, 9.17) is 0 Å². The van der Waals surface area contributed by atoms with Crippen molar-refractivity contribution in [1.82, 2.24) is 0 Å². The summed E-state index contributed by atoms with van der Waals surface area (Å²) in [5.74, 6) is -0.262. The predicted octanol–water partition coefficient (Wildman–Crippen LogP) is 1.45. The smallest absolute Gasteiger partial charge is 0.417 e. The van der Waals surface area contributed by atoms with Crippen molar-refractivity contribution in [2.24, 2.45) is 0 Å². The molecule has 1 rings (SSSR count). The van der Waals surface area contributed by atoms with Gasteiger partial charge in [-0.1, -0.05) is 12.1 Å². The largest absolute Gasteiger partial charge is 0.457 e. The Balaban J connectivity index is 2.42. The average Bonchev–Trinajstić information content (AvgIpc) is 2.09. The van der Waals surface area contributed by atoms with E-state index in [-0.39, 0.29) is 12.4 Å². The maximum absolute atomic E-state index is 12.4. The van der Waals surface area contributed by atoms with Crippen molar-refractivity contribution in [1.29, 1.82) is 0 Å². The van der Waals surface area contributed by atoms with Gasteiger partial charge in [0.05, 0.1) is 6.61 Å². The summed E-state index contributed by atoms with van der Waals surface area (Å²) in [5.41, 5.74) is 0.937. The van der Waals surface area contributed by atoms with Crippen LogP contribution in [-0.2, 0) is 16.0 Å². The second-order valence-electron chi connectivity index (χ2n) is 2.31. The van der Waals surface area contributed by atoms with Crippen molar-refractivity contribution in [3.05, 3.63) is 35.6 Å². The van der Waals surface area contributed by atoms with Crippen LogP contribution in [0.1, 0.15) is 5.56 Å². The molecular formula is C9H8FO2. The van der Waals surface area contributed by atoms with Crippen molar-refractivity contribution >= 4 is 6.47 Å². The number of ether oxygens (including phenoxy) is 1. The van der Waals surface area contributed by atoms with Gasteiger partial charge in [0.1, 0.15) is 5.82 Å². The molecule has 0 aromatic heterocycles. The minimum absolute atomic E-state index is 0.262. The van der Waals surface area contributed by atoms with Crippen LogP contribution in [0.2, 0.25) is 0 Å². The molecule has 0 aliphatic rings. The molecule has 0 saturated heterocycles. The molecule has 63 valence electrons. The lowest BCUT2D eigenvalue weighted by Gasteiger charge is -1.98. The van der Waals surface area contributed by atoms with Gasteiger partial charge in [-0.25, -0.2) is 9.18 Å². The molecule has 12 heavy (non-hydrogen) atoms. The molecule has 1 radical (unpaired) electrons. The normalized spacial score (nSPS) is 9.42. The first-order valence-corrected chi connectivity index (χ1v) is 3.56. The van der Waals surface area contributed by atoms with Crippen LogP contribution in [0.4, 0.5) is 4.39 Å². The second-order valence-corrected chi connectivity index (χ2v) is 2.31. The van der Waals surface area contributed by atoms with E-state index in [0.29, 0.717) is 6.42 Å². The highest BCUT2D eigenvalue weighted by atomic mass is 19.1. The Kier molecular flexibility index (Phi) is 3.26. The molecule has 0 N–H and O–H groups in total. The topological polar surface area (TPSA) is 26.3 Å². The van der Waals surface area contributed by atoms with Crippen LogP contribution in [0.15, 0.2) is 24.3 Å². The van der Waals surface area contributed by atoms with Gasteiger partial charge in [0.15, 0.2) is 0 Å². The minimum atomic E-state index is -0.262. The monoisotopic (exact) mass is 167 g/mol. The standard InChI is InChI=1S/C9H8FO2/c10-9-3-1-8(2-4-9)5-6-12-7-11/h1-4H,5-6H2. The van der Waals surface area contributed by atoms with Gasteiger partial charge in [-0.15, -0.1) is 0 Å². The highest BCUT2D eigenvalue weighted by Gasteiger charge is 1.93. The number of hydrogen-bond donors (Lipinski definition) is 0. The first-order valence-electron chi connectivity index (χ1n) is 3.56. The number of hydrogen-bond acceptors (Lipinski definition) is 2. The minimum Gasteiger partial charge on any atom is -0.457 e. The fourth-order valence-corrected chi connectivity index (χ4v) is 0.862. The maximum Gasteiger partial charge on any atom is 0.417 e. The zero-order valence-corrected chi connectivity index (χ0v) is 6.42. The van der Waals surface area contributed by atoms with E-state index in [0.717, 1.165) is 5.56 Å². The lowest BCUT2D eigenvalue weighted by atomic mass is 10.2. The van der Waals surface area contributed by atoms with Crippen molar-refractivity contribution in [2.75, 3.05) is 6.61 Å². The first-order chi connectivity index (χ1) is 5.83. The van der Waals surface area contributed by atoms with Crippen LogP contribution in [0.5, 0.6) is 0 Å². The number of halogens is 1. The van der Waals surface area contributed by atoms with Gasteiger partial charge in [0, 0.05) is 6.42 Å². The molecule has 2 nitrogen and oxygen atoms in total. The van der Waals surface area contributed by atoms with E-state index in [1.807, 2.05) is 0 Å². The Morgan fingerprint density at radius 3 is 2.58 bits per heavy atom. The third-order valence-electron chi connectivity index (χ3n) is 1.46. The van der Waals surface area contributed by atoms with E-state index in [9.17, 15) is 9.18 Å². The molecule has 0 bridgehead atoms. The van der Waals surface area contributed by atoms with Crippen LogP contribution in [0.3, 0.4) is 0 Å². The summed E-state index contributed by atoms with van der Waals surface area (Å²) in [6.07, 6.45) is 0.593. The zero-order valence-electron chi connectivity index (χ0n) is 6.42. The van der Waals surface area contributed by atoms with Crippen LogP contribution in [0.25, 0.3) is 0 Å². The molecule has 0 unspecified atom stereocenters. The first kappa shape index (κ1) is 8.71. The van der Waals surface area contributed by atoms with Crippen LogP contribution in [-0.4, -0.2) is 13.1 Å². The molecule has 1 aromatic carbocycles. The number of carbonyl (C=O) groups excluding carboxylic acids is 1. The summed E-state index contributed by atoms with van der Waals surface area (Å²) in [5, 5.41) is 0. The van der Waals surface area contributed by atoms with Crippen molar-refractivity contribution in [3.8, 4) is 0 Å². The quantitative estimate of drug-likeness (QED) is 0.634. The Morgan fingerprint density at radius 1 is 1.33 bits per heavy atom. The molecule has 0 spiro atoms. The summed E-state index contributed by atoms with van der Waals surface area (Å²) in [6, 6.07) is 6.06. The molecule has 0 atom stereocenters. The highest BCUT2D eigenvalue weighted by Crippen LogP contribution is 2.02. The van der Waals surface area contributed by atoms with Gasteiger partial charge < -0.3 is 4.74 Å². The van der Waals surface area contributed by atoms with Crippen LogP contribution < -0.4 is 0 Å². The maximum atomic E-state index is 12.4. The van der Waals surface area contributed by atoms with Gasteiger partial charge in [0.25, 0.3) is 0 Å². The lowest BCUT2D eigenvalue weighted by Crippen LogP contribution is -1.96. The number of rotatable bonds is 4. The van der Waals surface area contributed by atoms with E-state index in [1.165, 1.54) is 18.6 Å². The van der Waals surface area contributed by atoms with E-state index in [1.54, 1.807) is 12.1 Å². The third kappa shape index (κ3) is 2.70. The molecule has 3 heteroatoms. The van der Waals surface area contributed by atoms with Crippen molar-refractivity contribution in [2.45, 2.75) is 6.42 Å². The van der Waals surface area contributed by atoms with Crippen molar-refractivity contribution in [3.63, 3.8) is 0 Å². The lowest BCUT2D eigenvalue weighted by molar-refractivity contribution is 0.281. The molecule has 0 saturated carbocycles. The third-order valence-corrected chi connectivity index (χ3v) is 1.46. The zero-order chi connectivity index (χ0) is 8.81. The molecule has 0 heterocycles. The molecule has 0 aliphatic carbocycles. The van der Waals surface area contributed by atoms with E-state index >= 15 is 0 Å². The molecule has 0 amide bonds. The van der Waals surface area contributed by atoms with Crippen LogP contribution >= 0.6 is 0 Å². The van der Waals surface area contributed by atoms with Gasteiger partial charge in [-0.3, -0.25) is 0 Å². The van der Waals surface area contributed by atoms with Gasteiger partial charge in [-0.05, 0) is 17.7 Å². The Bertz CT molecular complexity index is 243. The molecule has 1 aromatic rings. The SMILES string of the molecule is O=[C]OCCc1ccc(F)cc1. The van der Waals surface area contributed by atoms with Gasteiger partial charge >= 0.3 is 6.47 Å². The summed E-state index contributed by atoms with van der Waals surface area (Å²) in [7, 11) is 0. The Morgan fingerprint density at radius 2 is 2.00 bits per heavy atom. The number of benzene rings is 1. The summed E-state index contributed by atoms with van der Waals surface area (Å²) in [6.45, 7) is 1.61. The molecule has 0 aliphatic heterocycles. The average molecular weight is 167 g/mol. The Hall–Kier alpha value is -1.38. The molecular weight excluding hydrogens is 159 g/mol. The van der Waals surface area contributed by atoms with Gasteiger partial charge in [0.2, 0.25) is 0 Å². The summed E-state index contributed by atoms with van der Waals surface area (Å²) >= 11 is 0. The fraction of sp³-hybridized carbons (Fsp3) is 0.222. The Labute approximate surface area is 70.0 Å². The van der Waals surface area contributed by atoms with Gasteiger partial charge in [-0.2, -0.15) is 0 Å². The van der Waals surface area contributed by atoms with Crippen molar-refractivity contribution < 1.29 is 13.9 Å². The predicted molar refractivity (Wildman–Crippen MR) is 41.7 cm³/mol. The fourth-order valence-electron chi connectivity index (χ4n) is 0.862. The summed E-state index contributed by atoms with van der Waals surface area (Å²) < 4.78 is 16.7. The molecule has 0 fully saturated rings. The second kappa shape index (κ2) is 4.49. The summed E-state index contributed by atoms with van der Waals surface area (Å²) in [4.78, 5) is 9.64. The van der Waals surface area contributed by atoms with E-state index < -0.39 is 0 Å².